The van der Waals surface area contributed by atoms with E-state index in [1.165, 1.54) is 11.1 Å². The summed E-state index contributed by atoms with van der Waals surface area (Å²) in [5.41, 5.74) is 8.27. The maximum absolute atomic E-state index is 6.35. The molecular weight excluding hydrogens is 214 g/mol. The van der Waals surface area contributed by atoms with Gasteiger partial charge in [-0.15, -0.1) is 0 Å². The number of benzene rings is 1. The number of methoxy groups -OCH3 is 1. The molecule has 1 heterocycles. The van der Waals surface area contributed by atoms with Crippen molar-refractivity contribution in [2.75, 3.05) is 20.3 Å². The molecule has 3 nitrogen and oxygen atoms in total. The van der Waals surface area contributed by atoms with Gasteiger partial charge in [-0.1, -0.05) is 17.7 Å². The first kappa shape index (κ1) is 12.4. The quantitative estimate of drug-likeness (QED) is 0.871. The molecule has 2 rings (SSSR count). The molecule has 0 aliphatic carbocycles. The zero-order chi connectivity index (χ0) is 12.7. The first-order valence-electron chi connectivity index (χ1n) is 5.92. The predicted molar refractivity (Wildman–Crippen MR) is 68.5 cm³/mol. The number of nitrogens with two attached hydrogens (primary N) is 1. The molecule has 1 aromatic rings. The van der Waals surface area contributed by atoms with Gasteiger partial charge in [-0.3, -0.25) is 0 Å². The molecule has 0 unspecified atom stereocenters. The molecule has 94 valence electrons. The van der Waals surface area contributed by atoms with Gasteiger partial charge in [0.05, 0.1) is 25.7 Å². The fourth-order valence-corrected chi connectivity index (χ4v) is 2.38. The molecule has 0 aromatic heterocycles. The SMILES string of the molecule is COc1ccc(C)cc1C1(C(C)(C)N)COC1. The highest BCUT2D eigenvalue weighted by Gasteiger charge is 2.51. The summed E-state index contributed by atoms with van der Waals surface area (Å²) < 4.78 is 10.9. The summed E-state index contributed by atoms with van der Waals surface area (Å²) in [5, 5.41) is 0. The van der Waals surface area contributed by atoms with Crippen LogP contribution in [0, 0.1) is 6.92 Å². The number of ether oxygens (including phenoxy) is 2. The molecular formula is C14H21NO2. The summed E-state index contributed by atoms with van der Waals surface area (Å²) in [6.45, 7) is 7.51. The summed E-state index contributed by atoms with van der Waals surface area (Å²) in [6, 6.07) is 6.23. The van der Waals surface area contributed by atoms with Crippen molar-refractivity contribution < 1.29 is 9.47 Å². The third-order valence-electron chi connectivity index (χ3n) is 3.80. The Labute approximate surface area is 103 Å². The van der Waals surface area contributed by atoms with E-state index in [4.69, 9.17) is 15.2 Å². The molecule has 1 saturated heterocycles. The summed E-state index contributed by atoms with van der Waals surface area (Å²) in [6.07, 6.45) is 0. The third-order valence-corrected chi connectivity index (χ3v) is 3.80. The lowest BCUT2D eigenvalue weighted by Crippen LogP contribution is -2.64. The summed E-state index contributed by atoms with van der Waals surface area (Å²) >= 11 is 0. The van der Waals surface area contributed by atoms with Crippen LogP contribution in [0.3, 0.4) is 0 Å². The minimum Gasteiger partial charge on any atom is -0.496 e. The van der Waals surface area contributed by atoms with Crippen LogP contribution in [0.15, 0.2) is 18.2 Å². The molecule has 0 atom stereocenters. The van der Waals surface area contributed by atoms with Crippen LogP contribution >= 0.6 is 0 Å². The largest absolute Gasteiger partial charge is 0.496 e. The Morgan fingerprint density at radius 1 is 1.35 bits per heavy atom. The van der Waals surface area contributed by atoms with E-state index in [0.717, 1.165) is 5.75 Å². The molecule has 1 fully saturated rings. The van der Waals surface area contributed by atoms with E-state index >= 15 is 0 Å². The normalized spacial score (nSPS) is 18.6. The second kappa shape index (κ2) is 4.00. The molecule has 2 N–H and O–H groups in total. The Morgan fingerprint density at radius 2 is 2.00 bits per heavy atom. The van der Waals surface area contributed by atoms with E-state index in [2.05, 4.69) is 32.9 Å². The topological polar surface area (TPSA) is 44.5 Å². The van der Waals surface area contributed by atoms with Gasteiger partial charge in [-0.25, -0.2) is 0 Å². The summed E-state index contributed by atoms with van der Waals surface area (Å²) in [7, 11) is 1.70. The van der Waals surface area contributed by atoms with Crippen LogP contribution in [0.4, 0.5) is 0 Å². The van der Waals surface area contributed by atoms with E-state index in [1.54, 1.807) is 7.11 Å². The van der Waals surface area contributed by atoms with Gasteiger partial charge in [-0.2, -0.15) is 0 Å². The zero-order valence-corrected chi connectivity index (χ0v) is 11.0. The zero-order valence-electron chi connectivity index (χ0n) is 11.0. The van der Waals surface area contributed by atoms with Crippen LogP contribution < -0.4 is 10.5 Å². The van der Waals surface area contributed by atoms with Crippen molar-refractivity contribution in [2.24, 2.45) is 5.73 Å². The highest BCUT2D eigenvalue weighted by molar-refractivity contribution is 5.46. The van der Waals surface area contributed by atoms with Gasteiger partial charge in [0.1, 0.15) is 5.75 Å². The van der Waals surface area contributed by atoms with Crippen LogP contribution in [0.2, 0.25) is 0 Å². The third kappa shape index (κ3) is 1.83. The maximum atomic E-state index is 6.35. The van der Waals surface area contributed by atoms with Crippen LogP contribution in [-0.4, -0.2) is 25.9 Å². The van der Waals surface area contributed by atoms with Crippen molar-refractivity contribution in [3.8, 4) is 5.75 Å². The smallest absolute Gasteiger partial charge is 0.122 e. The molecule has 0 amide bonds. The molecule has 1 aromatic carbocycles. The van der Waals surface area contributed by atoms with E-state index in [-0.39, 0.29) is 11.0 Å². The van der Waals surface area contributed by atoms with Crippen molar-refractivity contribution in [1.29, 1.82) is 0 Å². The average molecular weight is 235 g/mol. The molecule has 0 bridgehead atoms. The lowest BCUT2D eigenvalue weighted by molar-refractivity contribution is -0.0927. The van der Waals surface area contributed by atoms with E-state index < -0.39 is 0 Å². The Hall–Kier alpha value is -1.06. The van der Waals surface area contributed by atoms with Gasteiger partial charge in [0.15, 0.2) is 0 Å². The van der Waals surface area contributed by atoms with Gasteiger partial charge in [-0.05, 0) is 26.8 Å². The van der Waals surface area contributed by atoms with Gasteiger partial charge in [0.25, 0.3) is 0 Å². The number of rotatable bonds is 3. The second-order valence-electron chi connectivity index (χ2n) is 5.50. The van der Waals surface area contributed by atoms with Crippen LogP contribution in [0.1, 0.15) is 25.0 Å². The maximum Gasteiger partial charge on any atom is 0.122 e. The van der Waals surface area contributed by atoms with E-state index in [0.29, 0.717) is 13.2 Å². The Balaban J connectivity index is 2.54. The minimum atomic E-state index is -0.327. The lowest BCUT2D eigenvalue weighted by Gasteiger charge is -2.51. The Kier molecular flexibility index (Phi) is 2.92. The average Bonchev–Trinajstić information content (AvgIpc) is 2.14. The first-order valence-corrected chi connectivity index (χ1v) is 5.92. The molecule has 0 saturated carbocycles. The van der Waals surface area contributed by atoms with Gasteiger partial charge in [0, 0.05) is 11.1 Å². The Bertz CT molecular complexity index is 417. The van der Waals surface area contributed by atoms with E-state index in [1.807, 2.05) is 6.07 Å². The minimum absolute atomic E-state index is 0.135. The van der Waals surface area contributed by atoms with Gasteiger partial charge in [0.2, 0.25) is 0 Å². The van der Waals surface area contributed by atoms with Crippen LogP contribution in [0.5, 0.6) is 5.75 Å². The van der Waals surface area contributed by atoms with E-state index in [9.17, 15) is 0 Å². The molecule has 1 aliphatic heterocycles. The summed E-state index contributed by atoms with van der Waals surface area (Å²) in [4.78, 5) is 0. The van der Waals surface area contributed by atoms with Crippen molar-refractivity contribution >= 4 is 0 Å². The molecule has 0 spiro atoms. The predicted octanol–water partition coefficient (Wildman–Crippen LogP) is 2.01. The monoisotopic (exact) mass is 235 g/mol. The van der Waals surface area contributed by atoms with Crippen molar-refractivity contribution in [3.63, 3.8) is 0 Å². The molecule has 1 aliphatic rings. The fourth-order valence-electron chi connectivity index (χ4n) is 2.38. The van der Waals surface area contributed by atoms with Gasteiger partial charge >= 0.3 is 0 Å². The fraction of sp³-hybridized carbons (Fsp3) is 0.571. The summed E-state index contributed by atoms with van der Waals surface area (Å²) in [5.74, 6) is 0.900. The number of hydrogen-bond acceptors (Lipinski definition) is 3. The standard InChI is InChI=1S/C14H21NO2/c1-10-5-6-12(16-4)11(7-10)14(8-17-9-14)13(2,3)15/h5-7H,8-9,15H2,1-4H3. The second-order valence-corrected chi connectivity index (χ2v) is 5.50. The molecule has 0 radical (unpaired) electrons. The van der Waals surface area contributed by atoms with Gasteiger partial charge < -0.3 is 15.2 Å². The van der Waals surface area contributed by atoms with Crippen LogP contribution in [-0.2, 0) is 10.2 Å². The van der Waals surface area contributed by atoms with Crippen LogP contribution in [0.25, 0.3) is 0 Å². The number of hydrogen-bond donors (Lipinski definition) is 1. The first-order chi connectivity index (χ1) is 7.90. The van der Waals surface area contributed by atoms with Crippen molar-refractivity contribution in [2.45, 2.75) is 31.7 Å². The lowest BCUT2D eigenvalue weighted by atomic mass is 9.65. The van der Waals surface area contributed by atoms with Crippen molar-refractivity contribution in [1.82, 2.24) is 0 Å². The Morgan fingerprint density at radius 3 is 2.41 bits per heavy atom. The molecule has 17 heavy (non-hydrogen) atoms. The highest BCUT2D eigenvalue weighted by Crippen LogP contribution is 2.44. The van der Waals surface area contributed by atoms with Crippen molar-refractivity contribution in [3.05, 3.63) is 29.3 Å². The number of aryl methyl sites for hydroxylation is 1. The molecule has 3 heteroatoms. The highest BCUT2D eigenvalue weighted by atomic mass is 16.5.